The van der Waals surface area contributed by atoms with Crippen LogP contribution in [0.5, 0.6) is 0 Å². The Bertz CT molecular complexity index is 1110. The number of rotatable bonds is 8. The number of aromatic nitrogens is 3. The van der Waals surface area contributed by atoms with Crippen LogP contribution in [0.15, 0.2) is 89.4 Å². The largest absolute Gasteiger partial charge is 0.378 e. The van der Waals surface area contributed by atoms with E-state index in [4.69, 9.17) is 0 Å². The van der Waals surface area contributed by atoms with Crippen LogP contribution < -0.4 is 9.88 Å². The summed E-state index contributed by atoms with van der Waals surface area (Å²) in [6, 6.07) is 22.2. The van der Waals surface area contributed by atoms with Gasteiger partial charge in [-0.15, -0.1) is 20.4 Å². The van der Waals surface area contributed by atoms with E-state index < -0.39 is 0 Å². The lowest BCUT2D eigenvalue weighted by Crippen LogP contribution is -2.36. The van der Waals surface area contributed by atoms with Crippen LogP contribution >= 0.6 is 11.3 Å². The zero-order chi connectivity index (χ0) is 20.6. The van der Waals surface area contributed by atoms with Crippen molar-refractivity contribution in [2.45, 2.75) is 19.9 Å². The maximum Gasteiger partial charge on any atom is 0.252 e. The van der Waals surface area contributed by atoms with Crippen LogP contribution in [0.3, 0.4) is 0 Å². The molecule has 0 aliphatic rings. The molecule has 0 unspecified atom stereocenters. The Hall–Kier alpha value is -3.45. The van der Waals surface area contributed by atoms with Crippen molar-refractivity contribution in [3.63, 3.8) is 0 Å². The van der Waals surface area contributed by atoms with Crippen molar-refractivity contribution in [2.75, 3.05) is 11.9 Å². The molecule has 0 bridgehead atoms. The van der Waals surface area contributed by atoms with Gasteiger partial charge in [0.25, 0.3) is 5.13 Å². The fraction of sp³-hybridized carbons (Fsp3) is 0.174. The van der Waals surface area contributed by atoms with Gasteiger partial charge in [0.05, 0.1) is 12.2 Å². The van der Waals surface area contributed by atoms with Gasteiger partial charge in [-0.1, -0.05) is 54.7 Å². The van der Waals surface area contributed by atoms with E-state index in [2.05, 4.69) is 61.8 Å². The molecule has 2 aromatic carbocycles. The molecular formula is C23H23N6S+. The molecule has 0 saturated heterocycles. The highest BCUT2D eigenvalue weighted by atomic mass is 32.1. The van der Waals surface area contributed by atoms with E-state index in [9.17, 15) is 0 Å². The van der Waals surface area contributed by atoms with Gasteiger partial charge >= 0.3 is 0 Å². The normalized spacial score (nSPS) is 11.1. The van der Waals surface area contributed by atoms with E-state index >= 15 is 0 Å². The van der Waals surface area contributed by atoms with E-state index in [1.54, 1.807) is 0 Å². The molecule has 0 amide bonds. The number of benzene rings is 2. The molecule has 4 aromatic rings. The van der Waals surface area contributed by atoms with Crippen LogP contribution in [0.4, 0.5) is 16.5 Å². The van der Waals surface area contributed by atoms with Crippen molar-refractivity contribution in [1.29, 1.82) is 0 Å². The quantitative estimate of drug-likeness (QED) is 0.302. The lowest BCUT2D eigenvalue weighted by Gasteiger charge is -2.10. The molecule has 4 rings (SSSR count). The number of anilines is 1. The van der Waals surface area contributed by atoms with Crippen molar-refractivity contribution in [3.05, 3.63) is 84.7 Å². The summed E-state index contributed by atoms with van der Waals surface area (Å²) < 4.78 is 2.16. The maximum atomic E-state index is 4.36. The van der Waals surface area contributed by atoms with E-state index in [0.29, 0.717) is 5.13 Å². The zero-order valence-electron chi connectivity index (χ0n) is 16.8. The van der Waals surface area contributed by atoms with Gasteiger partial charge in [-0.3, -0.25) is 0 Å². The molecule has 6 nitrogen and oxygen atoms in total. The van der Waals surface area contributed by atoms with Gasteiger partial charge in [0, 0.05) is 23.4 Å². The smallest absolute Gasteiger partial charge is 0.252 e. The molecule has 0 spiro atoms. The van der Waals surface area contributed by atoms with E-state index in [0.717, 1.165) is 41.5 Å². The van der Waals surface area contributed by atoms with E-state index in [-0.39, 0.29) is 0 Å². The van der Waals surface area contributed by atoms with Gasteiger partial charge in [-0.05, 0) is 30.2 Å². The van der Waals surface area contributed by atoms with Crippen LogP contribution in [-0.4, -0.2) is 16.7 Å². The first-order chi connectivity index (χ1) is 14.8. The number of aryl methyl sites for hydroxylation is 1. The molecule has 0 radical (unpaired) electrons. The highest BCUT2D eigenvalue weighted by Gasteiger charge is 2.07. The second kappa shape index (κ2) is 9.84. The average molecular weight is 416 g/mol. The van der Waals surface area contributed by atoms with Crippen LogP contribution in [0, 0.1) is 0 Å². The van der Waals surface area contributed by atoms with E-state index in [1.807, 2.05) is 54.6 Å². The highest BCUT2D eigenvalue weighted by molar-refractivity contribution is 7.18. The van der Waals surface area contributed by atoms with Crippen molar-refractivity contribution in [1.82, 2.24) is 10.2 Å². The Morgan fingerprint density at radius 3 is 2.53 bits per heavy atom. The second-order valence-electron chi connectivity index (χ2n) is 6.69. The molecule has 0 saturated carbocycles. The maximum absolute atomic E-state index is 4.36. The van der Waals surface area contributed by atoms with Crippen molar-refractivity contribution >= 4 is 27.8 Å². The summed E-state index contributed by atoms with van der Waals surface area (Å²) in [6.07, 6.45) is 5.06. The Balaban J connectivity index is 1.40. The first kappa shape index (κ1) is 19.8. The second-order valence-corrected chi connectivity index (χ2v) is 7.65. The fourth-order valence-electron chi connectivity index (χ4n) is 3.06. The van der Waals surface area contributed by atoms with Gasteiger partial charge in [-0.2, -0.15) is 0 Å². The number of nitrogens with zero attached hydrogens (tertiary/aromatic N) is 5. The van der Waals surface area contributed by atoms with Gasteiger partial charge in [0.15, 0.2) is 18.9 Å². The molecule has 150 valence electrons. The lowest BCUT2D eigenvalue weighted by molar-refractivity contribution is -0.694. The Kier molecular flexibility index (Phi) is 6.51. The molecule has 30 heavy (non-hydrogen) atoms. The van der Waals surface area contributed by atoms with Gasteiger partial charge in [-0.25, -0.2) is 4.57 Å². The minimum atomic E-state index is 0.550. The summed E-state index contributed by atoms with van der Waals surface area (Å²) in [5.41, 5.74) is 4.20. The average Bonchev–Trinajstić information content (AvgIpc) is 3.29. The molecular weight excluding hydrogens is 392 g/mol. The first-order valence-corrected chi connectivity index (χ1v) is 10.7. The van der Waals surface area contributed by atoms with Crippen LogP contribution in [-0.2, 0) is 13.0 Å². The highest BCUT2D eigenvalue weighted by Crippen LogP contribution is 2.30. The molecule has 2 heterocycles. The summed E-state index contributed by atoms with van der Waals surface area (Å²) >= 11 is 1.43. The molecule has 7 heteroatoms. The number of hydrogen-bond acceptors (Lipinski definition) is 6. The molecule has 2 aromatic heterocycles. The number of azo groups is 1. The molecule has 0 aliphatic carbocycles. The molecule has 1 N–H and O–H groups in total. The number of hydrogen-bond donors (Lipinski definition) is 1. The Morgan fingerprint density at radius 1 is 0.933 bits per heavy atom. The Morgan fingerprint density at radius 2 is 1.73 bits per heavy atom. The number of pyridine rings is 1. The minimum absolute atomic E-state index is 0.550. The van der Waals surface area contributed by atoms with Crippen LogP contribution in [0.2, 0.25) is 0 Å². The predicted molar refractivity (Wildman–Crippen MR) is 120 cm³/mol. The summed E-state index contributed by atoms with van der Waals surface area (Å²) in [5.74, 6) is 0. The minimum Gasteiger partial charge on any atom is -0.378 e. The summed E-state index contributed by atoms with van der Waals surface area (Å²) in [7, 11) is 0. The summed E-state index contributed by atoms with van der Waals surface area (Å²) in [6.45, 7) is 3.91. The predicted octanol–water partition coefficient (Wildman–Crippen LogP) is 5.58. The van der Waals surface area contributed by atoms with Crippen molar-refractivity contribution in [3.8, 4) is 10.6 Å². The van der Waals surface area contributed by atoms with Gasteiger partial charge in [0.2, 0.25) is 0 Å². The fourth-order valence-corrected chi connectivity index (χ4v) is 3.74. The summed E-state index contributed by atoms with van der Waals surface area (Å²) in [4.78, 5) is 0. The Labute approximate surface area is 180 Å². The van der Waals surface area contributed by atoms with Crippen LogP contribution in [0.25, 0.3) is 10.6 Å². The third-order valence-corrected chi connectivity index (χ3v) is 5.48. The summed E-state index contributed by atoms with van der Waals surface area (Å²) in [5, 5.41) is 21.9. The third kappa shape index (κ3) is 5.12. The lowest BCUT2D eigenvalue weighted by atomic mass is 10.1. The molecule has 0 fully saturated rings. The molecule has 0 atom stereocenters. The number of nitrogens with one attached hydrogen (secondary N) is 1. The first-order valence-electron chi connectivity index (χ1n) is 9.93. The van der Waals surface area contributed by atoms with Gasteiger partial charge < -0.3 is 5.32 Å². The van der Waals surface area contributed by atoms with Crippen molar-refractivity contribution < 1.29 is 4.57 Å². The SMILES string of the molecule is CCc1cc(N=Nc2nnc(-c3ccccc3)s2)ccc1NCC[n+]1ccccc1. The topological polar surface area (TPSA) is 66.4 Å². The van der Waals surface area contributed by atoms with Crippen molar-refractivity contribution in [2.24, 2.45) is 10.2 Å². The van der Waals surface area contributed by atoms with Gasteiger partial charge in [0.1, 0.15) is 5.01 Å². The zero-order valence-corrected chi connectivity index (χ0v) is 17.6. The monoisotopic (exact) mass is 415 g/mol. The third-order valence-electron chi connectivity index (χ3n) is 4.62. The molecule has 0 aliphatic heterocycles. The van der Waals surface area contributed by atoms with Crippen LogP contribution in [0.1, 0.15) is 12.5 Å². The van der Waals surface area contributed by atoms with E-state index in [1.165, 1.54) is 16.9 Å². The standard InChI is InChI=1S/C23H23N6S/c1-2-18-17-20(11-12-21(18)24-13-16-29-14-7-4-8-15-29)25-27-23-28-26-22(30-23)19-9-5-3-6-10-19/h3-12,14-15,17,24H,2,13,16H2,1H3/q+1.